The molecule has 0 spiro atoms. The van der Waals surface area contributed by atoms with Crippen molar-refractivity contribution in [2.24, 2.45) is 5.92 Å². The van der Waals surface area contributed by atoms with Gasteiger partial charge in [0.2, 0.25) is 0 Å². The first-order valence-corrected chi connectivity index (χ1v) is 7.44. The maximum atomic E-state index is 13.3. The molecule has 0 aliphatic heterocycles. The van der Waals surface area contributed by atoms with Crippen LogP contribution in [-0.2, 0) is 6.42 Å². The molecule has 1 N–H and O–H groups in total. The fraction of sp³-hybridized carbons (Fsp3) is 0.375. The van der Waals surface area contributed by atoms with Crippen LogP contribution in [0.3, 0.4) is 0 Å². The molecule has 2 rings (SSSR count). The number of hydrogen-bond acceptors (Lipinski definition) is 3. The van der Waals surface area contributed by atoms with E-state index in [4.69, 9.17) is 11.6 Å². The molecule has 21 heavy (non-hydrogen) atoms. The minimum absolute atomic E-state index is 0.0790. The lowest BCUT2D eigenvalue weighted by Gasteiger charge is -2.11. The largest absolute Gasteiger partial charge is 0.370 e. The Hall–Kier alpha value is -1.68. The molecule has 0 atom stereocenters. The monoisotopic (exact) mass is 307 g/mol. The molecule has 0 aliphatic rings. The molecule has 3 nitrogen and oxygen atoms in total. The van der Waals surface area contributed by atoms with Gasteiger partial charge in [-0.05, 0) is 37.5 Å². The number of halogens is 2. The summed E-state index contributed by atoms with van der Waals surface area (Å²) in [6.07, 6.45) is 0.864. The van der Waals surface area contributed by atoms with Crippen LogP contribution in [0.1, 0.15) is 26.5 Å². The van der Waals surface area contributed by atoms with Gasteiger partial charge >= 0.3 is 0 Å². The highest BCUT2D eigenvalue weighted by Gasteiger charge is 2.10. The van der Waals surface area contributed by atoms with Crippen molar-refractivity contribution in [2.75, 3.05) is 11.9 Å². The fourth-order valence-electron chi connectivity index (χ4n) is 2.06. The molecule has 0 unspecified atom stereocenters. The Balaban J connectivity index is 2.45. The Morgan fingerprint density at radius 3 is 2.62 bits per heavy atom. The molecule has 1 aromatic heterocycles. The standard InChI is InChI=1S/C16H19ClFN3/c1-4-19-15-9-12(7-10(2)3)20-16(21-15)11-5-6-14(18)13(17)8-11/h5-6,8-10H,4,7H2,1-3H3,(H,19,20,21). The molecule has 5 heteroatoms. The highest BCUT2D eigenvalue weighted by molar-refractivity contribution is 6.31. The number of hydrogen-bond donors (Lipinski definition) is 1. The summed E-state index contributed by atoms with van der Waals surface area (Å²) in [6.45, 7) is 7.08. The molecule has 0 amide bonds. The normalized spacial score (nSPS) is 11.0. The Kier molecular flexibility index (Phi) is 5.12. The minimum atomic E-state index is -0.439. The van der Waals surface area contributed by atoms with Gasteiger partial charge in [-0.25, -0.2) is 14.4 Å². The van der Waals surface area contributed by atoms with E-state index in [9.17, 15) is 4.39 Å². The van der Waals surface area contributed by atoms with Crippen LogP contribution in [0.25, 0.3) is 11.4 Å². The first kappa shape index (κ1) is 15.7. The summed E-state index contributed by atoms with van der Waals surface area (Å²) in [6, 6.07) is 6.49. The van der Waals surface area contributed by atoms with Crippen LogP contribution < -0.4 is 5.32 Å². The van der Waals surface area contributed by atoms with E-state index >= 15 is 0 Å². The zero-order valence-electron chi connectivity index (χ0n) is 12.5. The molecule has 1 aromatic carbocycles. The first-order chi connectivity index (χ1) is 9.99. The summed E-state index contributed by atoms with van der Waals surface area (Å²) in [5.74, 6) is 1.40. The van der Waals surface area contributed by atoms with Crippen molar-refractivity contribution in [1.29, 1.82) is 0 Å². The SMILES string of the molecule is CCNc1cc(CC(C)C)nc(-c2ccc(F)c(Cl)c2)n1. The van der Waals surface area contributed by atoms with Crippen LogP contribution in [0.4, 0.5) is 10.2 Å². The number of nitrogens with zero attached hydrogens (tertiary/aromatic N) is 2. The van der Waals surface area contributed by atoms with Crippen LogP contribution >= 0.6 is 11.6 Å². The zero-order valence-corrected chi connectivity index (χ0v) is 13.2. The van der Waals surface area contributed by atoms with Gasteiger partial charge in [-0.15, -0.1) is 0 Å². The third-order valence-electron chi connectivity index (χ3n) is 2.93. The highest BCUT2D eigenvalue weighted by atomic mass is 35.5. The third-order valence-corrected chi connectivity index (χ3v) is 3.22. The molecule has 1 heterocycles. The lowest BCUT2D eigenvalue weighted by Crippen LogP contribution is -2.06. The second-order valence-electron chi connectivity index (χ2n) is 5.33. The summed E-state index contributed by atoms with van der Waals surface area (Å²) in [7, 11) is 0. The van der Waals surface area contributed by atoms with Crippen molar-refractivity contribution in [2.45, 2.75) is 27.2 Å². The van der Waals surface area contributed by atoms with Crippen molar-refractivity contribution in [3.05, 3.63) is 40.8 Å². The van der Waals surface area contributed by atoms with Crippen LogP contribution in [0.5, 0.6) is 0 Å². The summed E-state index contributed by atoms with van der Waals surface area (Å²) in [5, 5.41) is 3.28. The van der Waals surface area contributed by atoms with E-state index in [1.807, 2.05) is 13.0 Å². The van der Waals surface area contributed by atoms with Crippen molar-refractivity contribution in [3.8, 4) is 11.4 Å². The van der Waals surface area contributed by atoms with E-state index < -0.39 is 5.82 Å². The molecule has 112 valence electrons. The van der Waals surface area contributed by atoms with E-state index in [1.54, 1.807) is 12.1 Å². The topological polar surface area (TPSA) is 37.8 Å². The maximum absolute atomic E-state index is 13.3. The lowest BCUT2D eigenvalue weighted by molar-refractivity contribution is 0.628. The van der Waals surface area contributed by atoms with Crippen LogP contribution in [0, 0.1) is 11.7 Å². The van der Waals surface area contributed by atoms with Crippen molar-refractivity contribution in [1.82, 2.24) is 9.97 Å². The van der Waals surface area contributed by atoms with Gasteiger partial charge in [-0.1, -0.05) is 25.4 Å². The van der Waals surface area contributed by atoms with E-state index in [0.29, 0.717) is 17.3 Å². The molecule has 2 aromatic rings. The number of aromatic nitrogens is 2. The van der Waals surface area contributed by atoms with Crippen molar-refractivity contribution >= 4 is 17.4 Å². The predicted octanol–water partition coefficient (Wildman–Crippen LogP) is 4.57. The molecular weight excluding hydrogens is 289 g/mol. The Morgan fingerprint density at radius 1 is 1.24 bits per heavy atom. The number of nitrogens with one attached hydrogen (secondary N) is 1. The third kappa shape index (κ3) is 4.14. The van der Waals surface area contributed by atoms with Gasteiger partial charge < -0.3 is 5.32 Å². The fourth-order valence-corrected chi connectivity index (χ4v) is 2.24. The second-order valence-corrected chi connectivity index (χ2v) is 5.73. The molecular formula is C16H19ClFN3. The average Bonchev–Trinajstić information content (AvgIpc) is 2.41. The maximum Gasteiger partial charge on any atom is 0.161 e. The van der Waals surface area contributed by atoms with Gasteiger partial charge in [-0.3, -0.25) is 0 Å². The number of anilines is 1. The lowest BCUT2D eigenvalue weighted by atomic mass is 10.1. The number of rotatable bonds is 5. The van der Waals surface area contributed by atoms with Crippen LogP contribution in [0.2, 0.25) is 5.02 Å². The molecule has 0 saturated carbocycles. The van der Waals surface area contributed by atoms with E-state index in [-0.39, 0.29) is 5.02 Å². The van der Waals surface area contributed by atoms with E-state index in [1.165, 1.54) is 6.07 Å². The van der Waals surface area contributed by atoms with Gasteiger partial charge in [0.25, 0.3) is 0 Å². The number of benzene rings is 1. The van der Waals surface area contributed by atoms with E-state index in [2.05, 4.69) is 29.1 Å². The quantitative estimate of drug-likeness (QED) is 0.879. The summed E-state index contributed by atoms with van der Waals surface area (Å²) >= 11 is 5.84. The molecule has 0 bridgehead atoms. The molecule has 0 aliphatic carbocycles. The average molecular weight is 308 g/mol. The summed E-state index contributed by atoms with van der Waals surface area (Å²) < 4.78 is 13.3. The Bertz CT molecular complexity index is 629. The van der Waals surface area contributed by atoms with E-state index in [0.717, 1.165) is 24.5 Å². The Labute approximate surface area is 129 Å². The van der Waals surface area contributed by atoms with Gasteiger partial charge in [0.05, 0.1) is 5.02 Å². The zero-order chi connectivity index (χ0) is 15.4. The van der Waals surface area contributed by atoms with Gasteiger partial charge in [-0.2, -0.15) is 0 Å². The second kappa shape index (κ2) is 6.85. The highest BCUT2D eigenvalue weighted by Crippen LogP contribution is 2.24. The summed E-state index contributed by atoms with van der Waals surface area (Å²) in [5.41, 5.74) is 1.68. The smallest absolute Gasteiger partial charge is 0.161 e. The van der Waals surface area contributed by atoms with Crippen LogP contribution in [-0.4, -0.2) is 16.5 Å². The van der Waals surface area contributed by atoms with Crippen molar-refractivity contribution in [3.63, 3.8) is 0 Å². The van der Waals surface area contributed by atoms with Gasteiger partial charge in [0, 0.05) is 23.9 Å². The van der Waals surface area contributed by atoms with Crippen molar-refractivity contribution < 1.29 is 4.39 Å². The minimum Gasteiger partial charge on any atom is -0.370 e. The van der Waals surface area contributed by atoms with Crippen LogP contribution in [0.15, 0.2) is 24.3 Å². The van der Waals surface area contributed by atoms with Gasteiger partial charge in [0.1, 0.15) is 11.6 Å². The Morgan fingerprint density at radius 2 is 2.00 bits per heavy atom. The predicted molar refractivity (Wildman–Crippen MR) is 85.1 cm³/mol. The molecule has 0 radical (unpaired) electrons. The summed E-state index contributed by atoms with van der Waals surface area (Å²) in [4.78, 5) is 9.03. The van der Waals surface area contributed by atoms with Gasteiger partial charge in [0.15, 0.2) is 5.82 Å². The molecule has 0 fully saturated rings. The first-order valence-electron chi connectivity index (χ1n) is 7.06. The molecule has 0 saturated heterocycles.